The topological polar surface area (TPSA) is 61.5 Å². The standard InChI is InChI=1S/C16H16ClNO3/c1-3-20-16(19)12-8-11(18)9-13(17)15(12)21-14-7-5-4-6-10(14)2/h4-9H,3,18H2,1-2H3. The second-order valence-corrected chi connectivity index (χ2v) is 4.87. The molecule has 0 saturated heterocycles. The average molecular weight is 306 g/mol. The van der Waals surface area contributed by atoms with Crippen LogP contribution in [0.25, 0.3) is 0 Å². The lowest BCUT2D eigenvalue weighted by Gasteiger charge is -2.14. The van der Waals surface area contributed by atoms with Gasteiger partial charge in [-0.15, -0.1) is 0 Å². The number of rotatable bonds is 4. The fourth-order valence-electron chi connectivity index (χ4n) is 1.86. The van der Waals surface area contributed by atoms with Gasteiger partial charge in [0.05, 0.1) is 11.6 Å². The molecule has 0 spiro atoms. The molecule has 21 heavy (non-hydrogen) atoms. The molecule has 110 valence electrons. The predicted octanol–water partition coefficient (Wildman–Crippen LogP) is 4.20. The number of nitrogens with two attached hydrogens (primary N) is 1. The zero-order valence-corrected chi connectivity index (χ0v) is 12.6. The lowest BCUT2D eigenvalue weighted by Crippen LogP contribution is -2.08. The molecule has 2 aromatic carbocycles. The minimum atomic E-state index is -0.518. The number of halogens is 1. The Kier molecular flexibility index (Phi) is 4.70. The van der Waals surface area contributed by atoms with Crippen molar-refractivity contribution in [1.82, 2.24) is 0 Å². The average Bonchev–Trinajstić information content (AvgIpc) is 2.43. The molecule has 0 bridgehead atoms. The third-order valence-electron chi connectivity index (χ3n) is 2.87. The van der Waals surface area contributed by atoms with Crippen LogP contribution in [0.1, 0.15) is 22.8 Å². The molecule has 0 aliphatic heterocycles. The van der Waals surface area contributed by atoms with E-state index in [1.807, 2.05) is 25.1 Å². The summed E-state index contributed by atoms with van der Waals surface area (Å²) in [5.74, 6) is 0.351. The molecule has 0 fully saturated rings. The summed E-state index contributed by atoms with van der Waals surface area (Å²) in [6, 6.07) is 10.5. The van der Waals surface area contributed by atoms with Crippen molar-refractivity contribution in [3.05, 3.63) is 52.5 Å². The minimum absolute atomic E-state index is 0.213. The number of benzene rings is 2. The van der Waals surface area contributed by atoms with E-state index in [1.54, 1.807) is 13.0 Å². The molecule has 0 amide bonds. The van der Waals surface area contributed by atoms with E-state index in [-0.39, 0.29) is 22.9 Å². The van der Waals surface area contributed by atoms with Gasteiger partial charge in [0.15, 0.2) is 5.75 Å². The maximum atomic E-state index is 12.0. The zero-order valence-electron chi connectivity index (χ0n) is 11.9. The highest BCUT2D eigenvalue weighted by Gasteiger charge is 2.19. The summed E-state index contributed by atoms with van der Waals surface area (Å²) in [5, 5.41) is 0.265. The highest BCUT2D eigenvalue weighted by Crippen LogP contribution is 2.36. The van der Waals surface area contributed by atoms with E-state index >= 15 is 0 Å². The van der Waals surface area contributed by atoms with E-state index in [0.29, 0.717) is 11.4 Å². The molecule has 2 aromatic rings. The van der Waals surface area contributed by atoms with Crippen molar-refractivity contribution in [2.75, 3.05) is 12.3 Å². The number of ether oxygens (including phenoxy) is 2. The van der Waals surface area contributed by atoms with Gasteiger partial charge in [0.25, 0.3) is 0 Å². The van der Waals surface area contributed by atoms with Crippen LogP contribution in [0.2, 0.25) is 5.02 Å². The lowest BCUT2D eigenvalue weighted by atomic mass is 10.1. The quantitative estimate of drug-likeness (QED) is 0.679. The van der Waals surface area contributed by atoms with Gasteiger partial charge in [-0.3, -0.25) is 0 Å². The van der Waals surface area contributed by atoms with Crippen molar-refractivity contribution in [2.24, 2.45) is 0 Å². The fourth-order valence-corrected chi connectivity index (χ4v) is 2.13. The number of esters is 1. The van der Waals surface area contributed by atoms with Crippen LogP contribution in [0.4, 0.5) is 5.69 Å². The molecule has 0 aliphatic carbocycles. The zero-order chi connectivity index (χ0) is 15.4. The van der Waals surface area contributed by atoms with Crippen LogP contribution < -0.4 is 10.5 Å². The van der Waals surface area contributed by atoms with Crippen molar-refractivity contribution < 1.29 is 14.3 Å². The Balaban J connectivity index is 2.47. The SMILES string of the molecule is CCOC(=O)c1cc(N)cc(Cl)c1Oc1ccccc1C. The smallest absolute Gasteiger partial charge is 0.342 e. The van der Waals surface area contributed by atoms with E-state index in [4.69, 9.17) is 26.8 Å². The second kappa shape index (κ2) is 6.50. The largest absolute Gasteiger partial charge is 0.462 e. The molecule has 0 saturated carbocycles. The molecule has 2 N–H and O–H groups in total. The molecular weight excluding hydrogens is 290 g/mol. The first-order chi connectivity index (χ1) is 10.0. The number of carbonyl (C=O) groups excluding carboxylic acids is 1. The van der Waals surface area contributed by atoms with Crippen LogP contribution in [0.5, 0.6) is 11.5 Å². The van der Waals surface area contributed by atoms with E-state index in [1.165, 1.54) is 12.1 Å². The Hall–Kier alpha value is -2.20. The normalized spacial score (nSPS) is 10.2. The monoisotopic (exact) mass is 305 g/mol. The highest BCUT2D eigenvalue weighted by atomic mass is 35.5. The van der Waals surface area contributed by atoms with E-state index in [0.717, 1.165) is 5.56 Å². The molecule has 0 aromatic heterocycles. The van der Waals surface area contributed by atoms with E-state index in [9.17, 15) is 4.79 Å². The summed E-state index contributed by atoms with van der Waals surface area (Å²) in [6.07, 6.45) is 0. The van der Waals surface area contributed by atoms with Gasteiger partial charge in [-0.25, -0.2) is 4.79 Å². The number of para-hydroxylation sites is 1. The number of aryl methyl sites for hydroxylation is 1. The number of carbonyl (C=O) groups is 1. The van der Waals surface area contributed by atoms with Crippen LogP contribution in [-0.4, -0.2) is 12.6 Å². The minimum Gasteiger partial charge on any atom is -0.462 e. The number of nitrogen functional groups attached to an aromatic ring is 1. The third-order valence-corrected chi connectivity index (χ3v) is 3.15. The van der Waals surface area contributed by atoms with Crippen LogP contribution in [0.15, 0.2) is 36.4 Å². The van der Waals surface area contributed by atoms with Gasteiger partial charge in [0.1, 0.15) is 11.3 Å². The van der Waals surface area contributed by atoms with E-state index in [2.05, 4.69) is 0 Å². The summed E-state index contributed by atoms with van der Waals surface area (Å²) in [6.45, 7) is 3.90. The first-order valence-electron chi connectivity index (χ1n) is 6.52. The molecule has 0 aliphatic rings. The molecule has 4 nitrogen and oxygen atoms in total. The first kappa shape index (κ1) is 15.2. The van der Waals surface area contributed by atoms with Crippen molar-refractivity contribution in [1.29, 1.82) is 0 Å². The number of hydrogen-bond donors (Lipinski definition) is 1. The van der Waals surface area contributed by atoms with Crippen molar-refractivity contribution in [2.45, 2.75) is 13.8 Å². The Morgan fingerprint density at radius 1 is 1.29 bits per heavy atom. The third kappa shape index (κ3) is 3.47. The summed E-state index contributed by atoms with van der Waals surface area (Å²) >= 11 is 6.17. The van der Waals surface area contributed by atoms with Crippen LogP contribution >= 0.6 is 11.6 Å². The summed E-state index contributed by atoms with van der Waals surface area (Å²) in [4.78, 5) is 12.0. The van der Waals surface area contributed by atoms with Gasteiger partial charge in [-0.05, 0) is 37.6 Å². The maximum absolute atomic E-state index is 12.0. The van der Waals surface area contributed by atoms with Crippen molar-refractivity contribution >= 4 is 23.3 Å². The van der Waals surface area contributed by atoms with Crippen LogP contribution in [0.3, 0.4) is 0 Å². The molecule has 5 heteroatoms. The second-order valence-electron chi connectivity index (χ2n) is 4.47. The molecule has 0 radical (unpaired) electrons. The summed E-state index contributed by atoms with van der Waals surface area (Å²) in [5.41, 5.74) is 7.26. The van der Waals surface area contributed by atoms with Gasteiger partial charge in [-0.2, -0.15) is 0 Å². The van der Waals surface area contributed by atoms with Gasteiger partial charge in [0.2, 0.25) is 0 Å². The number of hydrogen-bond acceptors (Lipinski definition) is 4. The Bertz CT molecular complexity index is 671. The van der Waals surface area contributed by atoms with Gasteiger partial charge >= 0.3 is 5.97 Å². The molecule has 0 unspecified atom stereocenters. The predicted molar refractivity (Wildman–Crippen MR) is 83.1 cm³/mol. The van der Waals surface area contributed by atoms with Crippen LogP contribution in [-0.2, 0) is 4.74 Å². The summed E-state index contributed by atoms with van der Waals surface area (Å²) < 4.78 is 10.8. The Morgan fingerprint density at radius 2 is 2.00 bits per heavy atom. The van der Waals surface area contributed by atoms with Crippen LogP contribution in [0, 0.1) is 6.92 Å². The van der Waals surface area contributed by atoms with Crippen molar-refractivity contribution in [3.8, 4) is 11.5 Å². The van der Waals surface area contributed by atoms with Gasteiger partial charge < -0.3 is 15.2 Å². The number of anilines is 1. The molecular formula is C16H16ClNO3. The van der Waals surface area contributed by atoms with E-state index < -0.39 is 5.97 Å². The maximum Gasteiger partial charge on any atom is 0.342 e. The van der Waals surface area contributed by atoms with Crippen molar-refractivity contribution in [3.63, 3.8) is 0 Å². The Morgan fingerprint density at radius 3 is 2.67 bits per heavy atom. The first-order valence-corrected chi connectivity index (χ1v) is 6.90. The molecule has 2 rings (SSSR count). The molecule has 0 heterocycles. The fraction of sp³-hybridized carbons (Fsp3) is 0.188. The molecule has 0 atom stereocenters. The van der Waals surface area contributed by atoms with Gasteiger partial charge in [0, 0.05) is 5.69 Å². The lowest BCUT2D eigenvalue weighted by molar-refractivity contribution is 0.0523. The Labute approximate surface area is 128 Å². The summed E-state index contributed by atoms with van der Waals surface area (Å²) in [7, 11) is 0. The highest BCUT2D eigenvalue weighted by molar-refractivity contribution is 6.33. The van der Waals surface area contributed by atoms with Gasteiger partial charge in [-0.1, -0.05) is 29.8 Å².